The maximum Gasteiger partial charge on any atom is 0.220 e. The van der Waals surface area contributed by atoms with Gasteiger partial charge in [0.2, 0.25) is 5.91 Å². The van der Waals surface area contributed by atoms with E-state index in [4.69, 9.17) is 9.47 Å². The standard InChI is InChI=1S/C61H115NO8/c1-3-5-7-9-11-13-15-17-19-21-23-24-25-26-27-28-29-30-31-33-34-36-38-40-42-44-46-48-50-55(64)54(53-69-61-60(68)59(67)58(66)56(52-63)70-61)62-57(65)51-49-47-45-43-41-39-37-35-32-22-20-18-16-14-12-10-8-6-4-2/h12,14,18,20,32,35,54-56,58-61,63-64,66-68H,3-11,13,15-17,19,21-31,33-34,36-53H2,1-2H3,(H,62,65)/b14-12-,20-18-,35-32-. The highest BCUT2D eigenvalue weighted by Crippen LogP contribution is 2.23. The molecule has 0 aromatic rings. The maximum atomic E-state index is 13.1. The summed E-state index contributed by atoms with van der Waals surface area (Å²) in [5.74, 6) is -0.154. The Morgan fingerprint density at radius 3 is 1.27 bits per heavy atom. The second kappa shape index (κ2) is 50.9. The second-order valence-electron chi connectivity index (χ2n) is 21.1. The molecule has 1 amide bonds. The number of ether oxygens (including phenoxy) is 2. The number of allylic oxidation sites excluding steroid dienone is 6. The van der Waals surface area contributed by atoms with Gasteiger partial charge in [0, 0.05) is 6.42 Å². The summed E-state index contributed by atoms with van der Waals surface area (Å²) in [7, 11) is 0. The fraction of sp³-hybridized carbons (Fsp3) is 0.885. The normalized spacial score (nSPS) is 19.6. The molecule has 0 spiro atoms. The van der Waals surface area contributed by atoms with Crippen molar-refractivity contribution in [2.45, 2.75) is 333 Å². The first-order chi connectivity index (χ1) is 34.3. The van der Waals surface area contributed by atoms with Crippen LogP contribution in [-0.4, -0.2) is 87.5 Å². The molecule has 0 aliphatic carbocycles. The molecule has 1 saturated heterocycles. The van der Waals surface area contributed by atoms with Crippen LogP contribution < -0.4 is 5.32 Å². The van der Waals surface area contributed by atoms with E-state index < -0.39 is 49.5 Å². The lowest BCUT2D eigenvalue weighted by Gasteiger charge is -2.40. The molecule has 70 heavy (non-hydrogen) atoms. The molecule has 7 unspecified atom stereocenters. The summed E-state index contributed by atoms with van der Waals surface area (Å²) < 4.78 is 11.3. The Morgan fingerprint density at radius 1 is 0.486 bits per heavy atom. The molecular weight excluding hydrogens is 875 g/mol. The lowest BCUT2D eigenvalue weighted by Crippen LogP contribution is -2.60. The molecule has 0 radical (unpaired) electrons. The fourth-order valence-electron chi connectivity index (χ4n) is 9.70. The molecule has 0 bridgehead atoms. The van der Waals surface area contributed by atoms with Crippen LogP contribution in [0.25, 0.3) is 0 Å². The lowest BCUT2D eigenvalue weighted by atomic mass is 9.99. The average molecular weight is 991 g/mol. The van der Waals surface area contributed by atoms with Crippen molar-refractivity contribution in [1.82, 2.24) is 5.32 Å². The highest BCUT2D eigenvalue weighted by Gasteiger charge is 2.44. The number of unbranched alkanes of at least 4 members (excludes halogenated alkanes) is 36. The zero-order chi connectivity index (χ0) is 50.8. The van der Waals surface area contributed by atoms with Crippen molar-refractivity contribution in [3.8, 4) is 0 Å². The minimum atomic E-state index is -1.56. The molecule has 0 saturated carbocycles. The van der Waals surface area contributed by atoms with E-state index in [1.807, 2.05) is 0 Å². The Balaban J connectivity index is 2.17. The third kappa shape index (κ3) is 39.9. The first-order valence-corrected chi connectivity index (χ1v) is 30.2. The average Bonchev–Trinajstić information content (AvgIpc) is 3.36. The largest absolute Gasteiger partial charge is 0.394 e. The number of hydrogen-bond acceptors (Lipinski definition) is 8. The maximum absolute atomic E-state index is 13.1. The van der Waals surface area contributed by atoms with E-state index in [0.29, 0.717) is 12.8 Å². The number of aliphatic hydroxyl groups excluding tert-OH is 5. The highest BCUT2D eigenvalue weighted by molar-refractivity contribution is 5.76. The summed E-state index contributed by atoms with van der Waals surface area (Å²) in [4.78, 5) is 13.1. The minimum Gasteiger partial charge on any atom is -0.394 e. The van der Waals surface area contributed by atoms with Crippen LogP contribution in [0.1, 0.15) is 290 Å². The van der Waals surface area contributed by atoms with Crippen LogP contribution in [0.4, 0.5) is 0 Å². The van der Waals surface area contributed by atoms with Gasteiger partial charge in [-0.25, -0.2) is 0 Å². The lowest BCUT2D eigenvalue weighted by molar-refractivity contribution is -0.302. The van der Waals surface area contributed by atoms with Crippen molar-refractivity contribution >= 4 is 5.91 Å². The predicted octanol–water partition coefficient (Wildman–Crippen LogP) is 15.1. The zero-order valence-electron chi connectivity index (χ0n) is 45.8. The van der Waals surface area contributed by atoms with Gasteiger partial charge in [0.1, 0.15) is 24.4 Å². The third-order valence-corrected chi connectivity index (χ3v) is 14.5. The van der Waals surface area contributed by atoms with Gasteiger partial charge in [-0.15, -0.1) is 0 Å². The van der Waals surface area contributed by atoms with Gasteiger partial charge in [-0.3, -0.25) is 4.79 Å². The van der Waals surface area contributed by atoms with E-state index in [-0.39, 0.29) is 12.5 Å². The predicted molar refractivity (Wildman–Crippen MR) is 295 cm³/mol. The van der Waals surface area contributed by atoms with Crippen molar-refractivity contribution in [3.63, 3.8) is 0 Å². The van der Waals surface area contributed by atoms with Crippen LogP contribution in [0.5, 0.6) is 0 Å². The molecule has 1 fully saturated rings. The van der Waals surface area contributed by atoms with E-state index in [9.17, 15) is 30.3 Å². The van der Waals surface area contributed by atoms with Gasteiger partial charge >= 0.3 is 0 Å². The Hall–Kier alpha value is -1.59. The Bertz CT molecular complexity index is 1190. The van der Waals surface area contributed by atoms with Crippen molar-refractivity contribution in [3.05, 3.63) is 36.5 Å². The van der Waals surface area contributed by atoms with Crippen molar-refractivity contribution in [2.24, 2.45) is 0 Å². The van der Waals surface area contributed by atoms with Crippen molar-refractivity contribution in [2.75, 3.05) is 13.2 Å². The molecule has 1 heterocycles. The second-order valence-corrected chi connectivity index (χ2v) is 21.1. The number of nitrogens with one attached hydrogen (secondary N) is 1. The Morgan fingerprint density at radius 2 is 0.843 bits per heavy atom. The monoisotopic (exact) mass is 990 g/mol. The van der Waals surface area contributed by atoms with Gasteiger partial charge in [-0.2, -0.15) is 0 Å². The van der Waals surface area contributed by atoms with Gasteiger partial charge < -0.3 is 40.3 Å². The summed E-state index contributed by atoms with van der Waals surface area (Å²) in [6.07, 6.45) is 58.9. The zero-order valence-corrected chi connectivity index (χ0v) is 45.8. The number of hydrogen-bond donors (Lipinski definition) is 6. The van der Waals surface area contributed by atoms with Crippen molar-refractivity contribution < 1.29 is 39.8 Å². The third-order valence-electron chi connectivity index (χ3n) is 14.5. The summed E-state index contributed by atoms with van der Waals surface area (Å²) in [5, 5.41) is 54.7. The molecule has 7 atom stereocenters. The Labute approximate surface area is 431 Å². The van der Waals surface area contributed by atoms with Gasteiger partial charge in [0.25, 0.3) is 0 Å². The summed E-state index contributed by atoms with van der Waals surface area (Å²) in [6.45, 7) is 3.83. The quantitative estimate of drug-likeness (QED) is 0.0261. The van der Waals surface area contributed by atoms with E-state index in [2.05, 4.69) is 55.6 Å². The first kappa shape index (κ1) is 66.4. The SMILES string of the molecule is CCCCC/C=C\C/C=C\C/C=C\CCCCCCCCC(=O)NC(COC1OC(CO)C(O)C(O)C1O)C(O)CCCCCCCCCCCCCCCCCCCCCCCCCCCCCC. The number of rotatable bonds is 52. The van der Waals surface area contributed by atoms with Crippen LogP contribution in [0.15, 0.2) is 36.5 Å². The van der Waals surface area contributed by atoms with E-state index >= 15 is 0 Å². The molecule has 9 nitrogen and oxygen atoms in total. The molecule has 9 heteroatoms. The Kier molecular flexibility index (Phi) is 48.3. The van der Waals surface area contributed by atoms with Crippen LogP contribution in [0, 0.1) is 0 Å². The van der Waals surface area contributed by atoms with Crippen LogP contribution >= 0.6 is 0 Å². The van der Waals surface area contributed by atoms with Crippen LogP contribution in [0.2, 0.25) is 0 Å². The number of carbonyl (C=O) groups excluding carboxylic acids is 1. The van der Waals surface area contributed by atoms with E-state index in [1.165, 1.54) is 199 Å². The van der Waals surface area contributed by atoms with Crippen LogP contribution in [-0.2, 0) is 14.3 Å². The minimum absolute atomic E-state index is 0.142. The van der Waals surface area contributed by atoms with Gasteiger partial charge in [-0.1, -0.05) is 269 Å². The molecule has 1 rings (SSSR count). The van der Waals surface area contributed by atoms with Crippen molar-refractivity contribution in [1.29, 1.82) is 0 Å². The highest BCUT2D eigenvalue weighted by atomic mass is 16.7. The topological polar surface area (TPSA) is 149 Å². The summed E-state index contributed by atoms with van der Waals surface area (Å²) >= 11 is 0. The molecule has 0 aromatic heterocycles. The molecule has 6 N–H and O–H groups in total. The number of carbonyl (C=O) groups is 1. The molecule has 1 aliphatic heterocycles. The first-order valence-electron chi connectivity index (χ1n) is 30.2. The summed E-state index contributed by atoms with van der Waals surface area (Å²) in [6, 6.07) is -0.727. The molecule has 412 valence electrons. The van der Waals surface area contributed by atoms with E-state index in [0.717, 1.165) is 64.2 Å². The fourth-order valence-corrected chi connectivity index (χ4v) is 9.70. The van der Waals surface area contributed by atoms with Gasteiger partial charge in [0.05, 0.1) is 25.4 Å². The molecular formula is C61H115NO8. The van der Waals surface area contributed by atoms with Crippen LogP contribution in [0.3, 0.4) is 0 Å². The molecule has 0 aromatic carbocycles. The van der Waals surface area contributed by atoms with Gasteiger partial charge in [0.15, 0.2) is 6.29 Å². The van der Waals surface area contributed by atoms with Gasteiger partial charge in [-0.05, 0) is 51.4 Å². The molecule has 1 aliphatic rings. The number of amides is 1. The summed E-state index contributed by atoms with van der Waals surface area (Å²) in [5.41, 5.74) is 0. The van der Waals surface area contributed by atoms with E-state index in [1.54, 1.807) is 0 Å². The number of aliphatic hydroxyl groups is 5. The smallest absolute Gasteiger partial charge is 0.220 e.